The number of rotatable bonds is 10. The maximum atomic E-state index is 14.1. The topological polar surface area (TPSA) is 174 Å². The molecule has 3 amide bonds. The first-order chi connectivity index (χ1) is 29.9. The largest absolute Gasteiger partial charge is 0.453 e. The maximum absolute atomic E-state index is 14.1. The molecule has 4 aromatic rings. The molecular weight excluding hydrogens is 779 g/mol. The lowest BCUT2D eigenvalue weighted by Gasteiger charge is -2.32. The fourth-order valence-electron chi connectivity index (χ4n) is 11.7. The Bertz CT molecular complexity index is 2450. The molecule has 2 aliphatic carbocycles. The molecule has 5 fully saturated rings. The summed E-state index contributed by atoms with van der Waals surface area (Å²) in [7, 11) is 1.32. The average Bonchev–Trinajstić information content (AvgIpc) is 3.85. The highest BCUT2D eigenvalue weighted by Crippen LogP contribution is 2.55. The molecule has 0 radical (unpaired) electrons. The van der Waals surface area contributed by atoms with E-state index in [1.54, 1.807) is 0 Å². The number of likely N-dealkylation sites (tertiary alicyclic amines) is 2. The summed E-state index contributed by atoms with van der Waals surface area (Å²) in [5, 5.41) is 6.85. The monoisotopic (exact) mass is 839 g/mol. The number of H-pyrrole nitrogens is 2. The van der Waals surface area contributed by atoms with Crippen LogP contribution in [0.25, 0.3) is 33.4 Å². The molecule has 6 aliphatic rings. The molecule has 13 nitrogen and oxygen atoms in total. The molecule has 10 rings (SSSR count). The van der Waals surface area contributed by atoms with Gasteiger partial charge in [-0.2, -0.15) is 0 Å². The van der Waals surface area contributed by atoms with Gasteiger partial charge in [0.05, 0.1) is 48.2 Å². The van der Waals surface area contributed by atoms with Crippen LogP contribution >= 0.6 is 0 Å². The lowest BCUT2D eigenvalue weighted by atomic mass is 9.71. The van der Waals surface area contributed by atoms with E-state index in [0.717, 1.165) is 72.5 Å². The highest BCUT2D eigenvalue weighted by atomic mass is 16.5. The van der Waals surface area contributed by atoms with Crippen molar-refractivity contribution in [2.45, 2.75) is 115 Å². The number of carbonyl (C=O) groups excluding carboxylic acids is 3. The number of methoxy groups -OCH3 is 1. The van der Waals surface area contributed by atoms with Crippen LogP contribution < -0.4 is 16.4 Å². The van der Waals surface area contributed by atoms with E-state index < -0.39 is 18.2 Å². The van der Waals surface area contributed by atoms with Gasteiger partial charge in [-0.1, -0.05) is 77.1 Å². The number of benzene rings is 2. The molecule has 326 valence electrons. The third-order valence-corrected chi connectivity index (χ3v) is 15.0. The molecule has 62 heavy (non-hydrogen) atoms. The molecule has 13 heteroatoms. The number of aromatic nitrogens is 4. The Morgan fingerprint density at radius 3 is 2.23 bits per heavy atom. The molecule has 6 N–H and O–H groups in total. The first-order valence-corrected chi connectivity index (χ1v) is 22.9. The Labute approximate surface area is 363 Å². The molecular formula is C49H61N9O4. The Balaban J connectivity index is 0.915. The summed E-state index contributed by atoms with van der Waals surface area (Å²) in [5.74, 6) is 3.30. The Morgan fingerprint density at radius 1 is 0.839 bits per heavy atom. The van der Waals surface area contributed by atoms with Crippen molar-refractivity contribution in [2.75, 3.05) is 13.7 Å². The van der Waals surface area contributed by atoms with Crippen LogP contribution in [0.3, 0.4) is 0 Å². The number of allylic oxidation sites excluding steroid dienone is 2. The van der Waals surface area contributed by atoms with Gasteiger partial charge in [0.2, 0.25) is 11.8 Å². The normalized spacial score (nSPS) is 29.7. The second-order valence-corrected chi connectivity index (χ2v) is 19.7. The van der Waals surface area contributed by atoms with E-state index in [1.165, 1.54) is 29.4 Å². The van der Waals surface area contributed by atoms with Gasteiger partial charge in [0, 0.05) is 36.5 Å². The van der Waals surface area contributed by atoms with E-state index in [2.05, 4.69) is 82.1 Å². The molecule has 2 aromatic heterocycles. The van der Waals surface area contributed by atoms with E-state index in [0.29, 0.717) is 42.3 Å². The quantitative estimate of drug-likeness (QED) is 0.112. The summed E-state index contributed by atoms with van der Waals surface area (Å²) in [5.41, 5.74) is 15.3. The molecule has 4 aliphatic heterocycles. The molecule has 11 unspecified atom stereocenters. The van der Waals surface area contributed by atoms with Crippen molar-refractivity contribution in [3.63, 3.8) is 0 Å². The van der Waals surface area contributed by atoms with Gasteiger partial charge >= 0.3 is 6.09 Å². The molecule has 4 saturated heterocycles. The zero-order valence-corrected chi connectivity index (χ0v) is 36.7. The lowest BCUT2D eigenvalue weighted by molar-refractivity contribution is -0.137. The second kappa shape index (κ2) is 15.8. The van der Waals surface area contributed by atoms with Gasteiger partial charge in [0.15, 0.2) is 0 Å². The van der Waals surface area contributed by atoms with E-state index in [9.17, 15) is 14.4 Å². The van der Waals surface area contributed by atoms with Crippen molar-refractivity contribution in [1.29, 1.82) is 0 Å². The molecule has 6 heterocycles. The zero-order valence-electron chi connectivity index (χ0n) is 36.7. The van der Waals surface area contributed by atoms with Gasteiger partial charge in [0.25, 0.3) is 0 Å². The second-order valence-electron chi connectivity index (χ2n) is 19.7. The SMILES string of the molecule is COC(=O)NC(C(=O)N1C(c2nc3ccc(C4=CC=C(c5ccc(-c6cnc(C7CCCN7C(=O)C(N)C(C)C)[nH]6)cc5)C5C6CC(C)CC(N6)C45)cc3[nH]2)CC2CC21)C(C)C. The van der Waals surface area contributed by atoms with Crippen LogP contribution in [0.15, 0.2) is 60.8 Å². The minimum atomic E-state index is -0.670. The van der Waals surface area contributed by atoms with Crippen LogP contribution in [0.2, 0.25) is 0 Å². The standard InChI is InChI=1S/C49H61N9O4/c1-24(2)43(50)47(59)57-17-7-8-38(57)45-51-23-37(55-45)28-11-9-27(10-12-28)31-14-15-32(42-36-19-26(5)18-35(52-36)41(31)42)29-13-16-33-34(20-29)54-46(53-33)40-22-30-21-39(30)58(40)48(60)44(25(3)4)56-49(61)62-6/h9-16,20,23-26,30,35-36,38-44,52H,7-8,17-19,21-22,50H2,1-6H3,(H,51,55)(H,53,54)(H,56,61). The zero-order chi connectivity index (χ0) is 43.1. The molecule has 2 aromatic carbocycles. The Hall–Kier alpha value is -5.27. The number of carbonyl (C=O) groups is 3. The predicted octanol–water partition coefficient (Wildman–Crippen LogP) is 7.13. The molecule has 2 bridgehead atoms. The van der Waals surface area contributed by atoms with Crippen molar-refractivity contribution in [3.8, 4) is 11.3 Å². The number of amides is 3. The van der Waals surface area contributed by atoms with Gasteiger partial charge in [-0.05, 0) is 102 Å². The van der Waals surface area contributed by atoms with Crippen LogP contribution in [-0.4, -0.2) is 91.5 Å². The number of ether oxygens (including phenoxy) is 1. The van der Waals surface area contributed by atoms with Crippen LogP contribution in [0.5, 0.6) is 0 Å². The van der Waals surface area contributed by atoms with Crippen LogP contribution in [0.1, 0.15) is 108 Å². The number of nitrogens with zero attached hydrogens (tertiary/aromatic N) is 4. The van der Waals surface area contributed by atoms with Crippen molar-refractivity contribution in [2.24, 2.45) is 41.2 Å². The van der Waals surface area contributed by atoms with Crippen molar-refractivity contribution in [3.05, 3.63) is 83.6 Å². The molecule has 11 atom stereocenters. The van der Waals surface area contributed by atoms with E-state index in [1.807, 2.05) is 43.7 Å². The number of nitrogens with one attached hydrogen (secondary N) is 4. The van der Waals surface area contributed by atoms with Gasteiger partial charge in [-0.25, -0.2) is 14.8 Å². The first kappa shape index (κ1) is 40.8. The van der Waals surface area contributed by atoms with Gasteiger partial charge in [-0.3, -0.25) is 9.59 Å². The first-order valence-electron chi connectivity index (χ1n) is 22.9. The number of hydrogen-bond acceptors (Lipinski definition) is 8. The lowest BCUT2D eigenvalue weighted by Crippen LogP contribution is -2.52. The highest BCUT2D eigenvalue weighted by molar-refractivity contribution is 5.89. The summed E-state index contributed by atoms with van der Waals surface area (Å²) in [4.78, 5) is 60.4. The Kier molecular flexibility index (Phi) is 10.4. The molecule has 0 spiro atoms. The average molecular weight is 840 g/mol. The summed E-state index contributed by atoms with van der Waals surface area (Å²) < 4.78 is 4.86. The molecule has 1 saturated carbocycles. The minimum absolute atomic E-state index is 0.00213. The summed E-state index contributed by atoms with van der Waals surface area (Å²) in [6, 6.07) is 15.0. The third-order valence-electron chi connectivity index (χ3n) is 15.0. The summed E-state index contributed by atoms with van der Waals surface area (Å²) in [6.45, 7) is 11.0. The number of aromatic amines is 2. The minimum Gasteiger partial charge on any atom is -0.453 e. The van der Waals surface area contributed by atoms with Gasteiger partial charge < -0.3 is 40.9 Å². The van der Waals surface area contributed by atoms with Gasteiger partial charge in [0.1, 0.15) is 17.7 Å². The van der Waals surface area contributed by atoms with E-state index in [4.69, 9.17) is 20.4 Å². The van der Waals surface area contributed by atoms with E-state index >= 15 is 0 Å². The number of alkyl carbamates (subject to hydrolysis) is 1. The van der Waals surface area contributed by atoms with Crippen molar-refractivity contribution < 1.29 is 19.1 Å². The smallest absolute Gasteiger partial charge is 0.407 e. The van der Waals surface area contributed by atoms with Crippen LogP contribution in [-0.2, 0) is 14.3 Å². The summed E-state index contributed by atoms with van der Waals surface area (Å²) >= 11 is 0. The predicted molar refractivity (Wildman–Crippen MR) is 239 cm³/mol. The number of piperidine rings is 2. The number of nitrogens with two attached hydrogens (primary N) is 1. The number of imidazole rings is 2. The van der Waals surface area contributed by atoms with Crippen molar-refractivity contribution in [1.82, 2.24) is 40.4 Å². The highest BCUT2D eigenvalue weighted by Gasteiger charge is 2.56. The Morgan fingerprint density at radius 2 is 1.53 bits per heavy atom. The third kappa shape index (κ3) is 7.05. The van der Waals surface area contributed by atoms with Crippen LogP contribution in [0, 0.1) is 35.5 Å². The summed E-state index contributed by atoms with van der Waals surface area (Å²) in [6.07, 6.45) is 12.0. The number of fused-ring (bicyclic) bond motifs is 7. The van der Waals surface area contributed by atoms with Gasteiger partial charge in [-0.15, -0.1) is 0 Å². The fraction of sp³-hybridized carbons (Fsp3) is 0.531. The maximum Gasteiger partial charge on any atom is 0.407 e. The fourth-order valence-corrected chi connectivity index (χ4v) is 11.7. The van der Waals surface area contributed by atoms with Crippen LogP contribution in [0.4, 0.5) is 4.79 Å². The van der Waals surface area contributed by atoms with Crippen molar-refractivity contribution >= 4 is 40.1 Å². The number of hydrogen-bond donors (Lipinski definition) is 5. The van der Waals surface area contributed by atoms with E-state index in [-0.39, 0.29) is 41.8 Å².